The van der Waals surface area contributed by atoms with Crippen LogP contribution in [0.4, 0.5) is 0 Å². The van der Waals surface area contributed by atoms with E-state index >= 15 is 0 Å². The fourth-order valence-corrected chi connectivity index (χ4v) is 2.72. The smallest absolute Gasteiger partial charge is 0.244 e. The van der Waals surface area contributed by atoms with Crippen LogP contribution in [0.3, 0.4) is 0 Å². The molecule has 3 heteroatoms. The highest BCUT2D eigenvalue weighted by atomic mass is 16.2. The van der Waals surface area contributed by atoms with Gasteiger partial charge in [-0.05, 0) is 34.7 Å². The van der Waals surface area contributed by atoms with Crippen LogP contribution in [0, 0.1) is 0 Å². The summed E-state index contributed by atoms with van der Waals surface area (Å²) in [4.78, 5) is 12.1. The standard InChI is InChI=1S/C21H20N2O/c24-21(23-22-15-7-10-17-8-2-1-3-9-17)16-19-13-6-12-18-11-4-5-14-20(18)19/h1-6,8-9,11-15H,7,10,16H2,(H,23,24)/b22-15-. The van der Waals surface area contributed by atoms with Gasteiger partial charge in [0.05, 0.1) is 6.42 Å². The molecule has 0 bridgehead atoms. The van der Waals surface area contributed by atoms with Crippen LogP contribution >= 0.6 is 0 Å². The third-order valence-electron chi connectivity index (χ3n) is 3.92. The number of rotatable bonds is 6. The molecule has 0 heterocycles. The van der Waals surface area contributed by atoms with Crippen LogP contribution in [0.25, 0.3) is 10.8 Å². The highest BCUT2D eigenvalue weighted by Crippen LogP contribution is 2.18. The maximum absolute atomic E-state index is 12.1. The average molecular weight is 316 g/mol. The van der Waals surface area contributed by atoms with Gasteiger partial charge in [-0.15, -0.1) is 0 Å². The minimum absolute atomic E-state index is 0.0951. The Kier molecular flexibility index (Phi) is 5.36. The SMILES string of the molecule is O=C(Cc1cccc2ccccc12)N/N=C\CCc1ccccc1. The van der Waals surface area contributed by atoms with Gasteiger partial charge in [-0.3, -0.25) is 4.79 Å². The first kappa shape index (κ1) is 15.9. The van der Waals surface area contributed by atoms with Crippen molar-refractivity contribution < 1.29 is 4.79 Å². The number of fused-ring (bicyclic) bond motifs is 1. The molecule has 0 aliphatic carbocycles. The van der Waals surface area contributed by atoms with E-state index < -0.39 is 0 Å². The Labute approximate surface area is 142 Å². The number of carbonyl (C=O) groups excluding carboxylic acids is 1. The highest BCUT2D eigenvalue weighted by Gasteiger charge is 2.05. The zero-order valence-electron chi connectivity index (χ0n) is 13.5. The Hall–Kier alpha value is -2.94. The van der Waals surface area contributed by atoms with Crippen LogP contribution in [0.1, 0.15) is 17.5 Å². The molecule has 0 unspecified atom stereocenters. The fraction of sp³-hybridized carbons (Fsp3) is 0.143. The summed E-state index contributed by atoms with van der Waals surface area (Å²) in [5, 5.41) is 6.30. The molecule has 0 aliphatic heterocycles. The van der Waals surface area contributed by atoms with Gasteiger partial charge in [0.25, 0.3) is 0 Å². The lowest BCUT2D eigenvalue weighted by atomic mass is 10.0. The molecule has 0 saturated heterocycles. The number of hydrazone groups is 1. The largest absolute Gasteiger partial charge is 0.273 e. The van der Waals surface area contributed by atoms with Crippen LogP contribution in [-0.4, -0.2) is 12.1 Å². The lowest BCUT2D eigenvalue weighted by Gasteiger charge is -2.05. The molecule has 0 spiro atoms. The van der Waals surface area contributed by atoms with E-state index in [1.54, 1.807) is 6.21 Å². The Balaban J connectivity index is 1.51. The third-order valence-corrected chi connectivity index (χ3v) is 3.92. The van der Waals surface area contributed by atoms with Crippen LogP contribution in [0.5, 0.6) is 0 Å². The first-order valence-corrected chi connectivity index (χ1v) is 8.14. The maximum atomic E-state index is 12.1. The number of carbonyl (C=O) groups is 1. The third kappa shape index (κ3) is 4.29. The first-order chi connectivity index (χ1) is 11.8. The molecule has 3 aromatic carbocycles. The van der Waals surface area contributed by atoms with Crippen molar-refractivity contribution in [3.8, 4) is 0 Å². The average Bonchev–Trinajstić information content (AvgIpc) is 2.63. The topological polar surface area (TPSA) is 41.5 Å². The zero-order valence-corrected chi connectivity index (χ0v) is 13.5. The lowest BCUT2D eigenvalue weighted by molar-refractivity contribution is -0.120. The van der Waals surface area contributed by atoms with E-state index in [0.29, 0.717) is 6.42 Å². The molecular formula is C21H20N2O. The van der Waals surface area contributed by atoms with Crippen molar-refractivity contribution in [2.24, 2.45) is 5.10 Å². The zero-order chi connectivity index (χ0) is 16.6. The summed E-state index contributed by atoms with van der Waals surface area (Å²) in [6.45, 7) is 0. The molecule has 0 radical (unpaired) electrons. The van der Waals surface area contributed by atoms with Gasteiger partial charge in [0, 0.05) is 6.21 Å². The number of nitrogens with one attached hydrogen (secondary N) is 1. The maximum Gasteiger partial charge on any atom is 0.244 e. The summed E-state index contributed by atoms with van der Waals surface area (Å²) in [5.74, 6) is -0.0951. The van der Waals surface area contributed by atoms with Crippen molar-refractivity contribution >= 4 is 22.9 Å². The van der Waals surface area contributed by atoms with Crippen LogP contribution in [0.2, 0.25) is 0 Å². The summed E-state index contributed by atoms with van der Waals surface area (Å²) >= 11 is 0. The minimum atomic E-state index is -0.0951. The first-order valence-electron chi connectivity index (χ1n) is 8.14. The van der Waals surface area contributed by atoms with Gasteiger partial charge in [0.2, 0.25) is 5.91 Å². The summed E-state index contributed by atoms with van der Waals surface area (Å²) < 4.78 is 0. The Bertz CT molecular complexity index is 835. The molecule has 1 amide bonds. The summed E-state index contributed by atoms with van der Waals surface area (Å²) in [6, 6.07) is 24.4. The monoisotopic (exact) mass is 316 g/mol. The molecule has 24 heavy (non-hydrogen) atoms. The minimum Gasteiger partial charge on any atom is -0.273 e. The molecule has 0 aliphatic rings. The number of benzene rings is 3. The highest BCUT2D eigenvalue weighted by molar-refractivity contribution is 5.90. The number of hydrogen-bond donors (Lipinski definition) is 1. The van der Waals surface area contributed by atoms with E-state index in [1.807, 2.05) is 48.5 Å². The van der Waals surface area contributed by atoms with E-state index in [-0.39, 0.29) is 5.91 Å². The molecule has 3 nitrogen and oxygen atoms in total. The molecule has 1 N–H and O–H groups in total. The van der Waals surface area contributed by atoms with Crippen molar-refractivity contribution in [2.45, 2.75) is 19.3 Å². The molecule has 3 aromatic rings. The van der Waals surface area contributed by atoms with Gasteiger partial charge in [0.15, 0.2) is 0 Å². The molecule has 0 aromatic heterocycles. The van der Waals surface area contributed by atoms with E-state index in [4.69, 9.17) is 0 Å². The second kappa shape index (κ2) is 8.06. The van der Waals surface area contributed by atoms with Gasteiger partial charge < -0.3 is 0 Å². The van der Waals surface area contributed by atoms with E-state index in [0.717, 1.165) is 29.2 Å². The van der Waals surface area contributed by atoms with Crippen molar-refractivity contribution in [1.29, 1.82) is 0 Å². The fourth-order valence-electron chi connectivity index (χ4n) is 2.72. The Morgan fingerprint density at radius 1 is 0.917 bits per heavy atom. The molecular weight excluding hydrogens is 296 g/mol. The van der Waals surface area contributed by atoms with E-state index in [2.05, 4.69) is 34.8 Å². The summed E-state index contributed by atoms with van der Waals surface area (Å²) in [5.41, 5.74) is 4.90. The molecule has 3 rings (SSSR count). The van der Waals surface area contributed by atoms with E-state index in [1.165, 1.54) is 5.56 Å². The number of aryl methyl sites for hydroxylation is 1. The van der Waals surface area contributed by atoms with Crippen LogP contribution in [-0.2, 0) is 17.6 Å². The molecule has 0 atom stereocenters. The van der Waals surface area contributed by atoms with Crippen molar-refractivity contribution in [3.63, 3.8) is 0 Å². The number of hydrogen-bond acceptors (Lipinski definition) is 2. The van der Waals surface area contributed by atoms with Gasteiger partial charge in [-0.1, -0.05) is 72.8 Å². The van der Waals surface area contributed by atoms with Gasteiger partial charge in [-0.25, -0.2) is 5.43 Å². The summed E-state index contributed by atoms with van der Waals surface area (Å²) in [6.07, 6.45) is 3.81. The van der Waals surface area contributed by atoms with E-state index in [9.17, 15) is 4.79 Å². The van der Waals surface area contributed by atoms with Gasteiger partial charge in [0.1, 0.15) is 0 Å². The molecule has 120 valence electrons. The second-order valence-corrected chi connectivity index (χ2v) is 5.69. The molecule has 0 fully saturated rings. The predicted molar refractivity (Wildman–Crippen MR) is 99.0 cm³/mol. The Morgan fingerprint density at radius 3 is 2.54 bits per heavy atom. The summed E-state index contributed by atoms with van der Waals surface area (Å²) in [7, 11) is 0. The lowest BCUT2D eigenvalue weighted by Crippen LogP contribution is -2.19. The van der Waals surface area contributed by atoms with Crippen molar-refractivity contribution in [3.05, 3.63) is 83.9 Å². The molecule has 0 saturated carbocycles. The number of nitrogens with zero attached hydrogens (tertiary/aromatic N) is 1. The second-order valence-electron chi connectivity index (χ2n) is 5.69. The van der Waals surface area contributed by atoms with Crippen molar-refractivity contribution in [2.75, 3.05) is 0 Å². The van der Waals surface area contributed by atoms with Crippen LogP contribution < -0.4 is 5.43 Å². The van der Waals surface area contributed by atoms with Gasteiger partial charge in [-0.2, -0.15) is 5.10 Å². The van der Waals surface area contributed by atoms with Crippen LogP contribution in [0.15, 0.2) is 77.9 Å². The van der Waals surface area contributed by atoms with Crippen molar-refractivity contribution in [1.82, 2.24) is 5.43 Å². The number of amides is 1. The Morgan fingerprint density at radius 2 is 1.67 bits per heavy atom. The predicted octanol–water partition coefficient (Wildman–Crippen LogP) is 4.12. The quantitative estimate of drug-likeness (QED) is 0.539. The normalized spacial score (nSPS) is 11.0. The van der Waals surface area contributed by atoms with Gasteiger partial charge >= 0.3 is 0 Å².